The van der Waals surface area contributed by atoms with E-state index in [4.69, 9.17) is 4.74 Å². The van der Waals surface area contributed by atoms with Crippen molar-refractivity contribution in [3.05, 3.63) is 69.3 Å². The van der Waals surface area contributed by atoms with Crippen molar-refractivity contribution in [1.82, 2.24) is 10.6 Å². The van der Waals surface area contributed by atoms with Crippen LogP contribution >= 0.6 is 22.6 Å². The number of benzene rings is 2. The minimum absolute atomic E-state index is 0.317. The van der Waals surface area contributed by atoms with E-state index in [9.17, 15) is 19.2 Å². The van der Waals surface area contributed by atoms with Crippen molar-refractivity contribution < 1.29 is 23.9 Å². The second kappa shape index (κ2) is 9.66. The van der Waals surface area contributed by atoms with Crippen LogP contribution in [0.15, 0.2) is 54.6 Å². The van der Waals surface area contributed by atoms with Gasteiger partial charge in [-0.1, -0.05) is 30.3 Å². The van der Waals surface area contributed by atoms with Gasteiger partial charge >= 0.3 is 5.97 Å². The quantitative estimate of drug-likeness (QED) is 0.497. The Balaban J connectivity index is 1.73. The standard InChI is InChI=1S/C18H15IN2O5/c19-14-9-5-4-8-13(14)18(25)20-10-16(23)26-11-15(22)21-17(24)12-6-2-1-3-7-12/h1-9H,10-11H2,(H,20,25)(H,21,22,24). The fourth-order valence-corrected chi connectivity index (χ4v) is 2.55. The predicted molar refractivity (Wildman–Crippen MR) is 101 cm³/mol. The van der Waals surface area contributed by atoms with Gasteiger partial charge < -0.3 is 10.1 Å². The topological polar surface area (TPSA) is 102 Å². The largest absolute Gasteiger partial charge is 0.454 e. The number of hydrogen-bond donors (Lipinski definition) is 2. The summed E-state index contributed by atoms with van der Waals surface area (Å²) in [6.07, 6.45) is 0. The highest BCUT2D eigenvalue weighted by molar-refractivity contribution is 14.1. The van der Waals surface area contributed by atoms with E-state index in [-0.39, 0.29) is 6.54 Å². The van der Waals surface area contributed by atoms with Gasteiger partial charge in [-0.05, 0) is 46.9 Å². The third-order valence-corrected chi connectivity index (χ3v) is 4.11. The molecule has 0 radical (unpaired) electrons. The number of imide groups is 1. The summed E-state index contributed by atoms with van der Waals surface area (Å²) >= 11 is 2.01. The van der Waals surface area contributed by atoms with Crippen LogP contribution in [0.4, 0.5) is 0 Å². The average Bonchev–Trinajstić information content (AvgIpc) is 2.65. The second-order valence-corrected chi connectivity index (χ2v) is 6.23. The molecule has 2 N–H and O–H groups in total. The Morgan fingerprint density at radius 3 is 2.23 bits per heavy atom. The van der Waals surface area contributed by atoms with Gasteiger partial charge in [-0.2, -0.15) is 0 Å². The lowest BCUT2D eigenvalue weighted by Gasteiger charge is -2.08. The molecule has 2 aromatic rings. The average molecular weight is 466 g/mol. The summed E-state index contributed by atoms with van der Waals surface area (Å²) in [6, 6.07) is 15.1. The SMILES string of the molecule is O=C(COC(=O)CNC(=O)c1ccccc1I)NC(=O)c1ccccc1. The highest BCUT2D eigenvalue weighted by atomic mass is 127. The maximum absolute atomic E-state index is 12.0. The maximum Gasteiger partial charge on any atom is 0.325 e. The Morgan fingerprint density at radius 1 is 0.885 bits per heavy atom. The molecule has 0 saturated heterocycles. The highest BCUT2D eigenvalue weighted by Crippen LogP contribution is 2.10. The lowest BCUT2D eigenvalue weighted by atomic mass is 10.2. The molecule has 2 aromatic carbocycles. The molecule has 0 bridgehead atoms. The molecule has 0 aliphatic heterocycles. The summed E-state index contributed by atoms with van der Waals surface area (Å²) in [5.41, 5.74) is 0.754. The number of esters is 1. The second-order valence-electron chi connectivity index (χ2n) is 5.07. The summed E-state index contributed by atoms with van der Waals surface area (Å²) in [5.74, 6) is -2.54. The van der Waals surface area contributed by atoms with Crippen molar-refractivity contribution in [2.45, 2.75) is 0 Å². The molecule has 0 aliphatic carbocycles. The summed E-state index contributed by atoms with van der Waals surface area (Å²) in [6.45, 7) is -1.00. The minimum atomic E-state index is -0.786. The van der Waals surface area contributed by atoms with Crippen molar-refractivity contribution >= 4 is 46.3 Å². The summed E-state index contributed by atoms with van der Waals surface area (Å²) in [4.78, 5) is 47.0. The molecule has 0 saturated carbocycles. The van der Waals surface area contributed by atoms with Gasteiger partial charge in [0.1, 0.15) is 6.54 Å². The number of carbonyl (C=O) groups is 4. The van der Waals surface area contributed by atoms with E-state index >= 15 is 0 Å². The molecule has 0 unspecified atom stereocenters. The van der Waals surface area contributed by atoms with Crippen LogP contribution in [0.25, 0.3) is 0 Å². The molecule has 0 heterocycles. The summed E-state index contributed by atoms with van der Waals surface area (Å²) in [7, 11) is 0. The first kappa shape index (κ1) is 19.6. The molecule has 3 amide bonds. The van der Waals surface area contributed by atoms with Gasteiger partial charge in [0.2, 0.25) is 0 Å². The Hall–Kier alpha value is -2.75. The van der Waals surface area contributed by atoms with E-state index < -0.39 is 30.3 Å². The third-order valence-electron chi connectivity index (χ3n) is 3.16. The molecule has 2 rings (SSSR count). The fraction of sp³-hybridized carbons (Fsp3) is 0.111. The van der Waals surface area contributed by atoms with Crippen molar-refractivity contribution in [2.24, 2.45) is 0 Å². The summed E-state index contributed by atoms with van der Waals surface area (Å²) < 4.78 is 5.48. The monoisotopic (exact) mass is 466 g/mol. The lowest BCUT2D eigenvalue weighted by molar-refractivity contribution is -0.147. The van der Waals surface area contributed by atoms with E-state index in [1.807, 2.05) is 22.6 Å². The van der Waals surface area contributed by atoms with Gasteiger partial charge in [0.15, 0.2) is 6.61 Å². The number of ether oxygens (including phenoxy) is 1. The molecule has 0 atom stereocenters. The molecule has 7 nitrogen and oxygen atoms in total. The molecule has 26 heavy (non-hydrogen) atoms. The Morgan fingerprint density at radius 2 is 1.54 bits per heavy atom. The van der Waals surface area contributed by atoms with E-state index in [1.54, 1.807) is 54.6 Å². The van der Waals surface area contributed by atoms with Gasteiger partial charge in [0.05, 0.1) is 5.56 Å². The van der Waals surface area contributed by atoms with Crippen LogP contribution in [0.5, 0.6) is 0 Å². The summed E-state index contributed by atoms with van der Waals surface area (Å²) in [5, 5.41) is 4.52. The minimum Gasteiger partial charge on any atom is -0.454 e. The maximum atomic E-state index is 12.0. The van der Waals surface area contributed by atoms with E-state index in [2.05, 4.69) is 10.6 Å². The zero-order chi connectivity index (χ0) is 18.9. The third kappa shape index (κ3) is 5.96. The van der Waals surface area contributed by atoms with Crippen LogP contribution in [-0.2, 0) is 14.3 Å². The normalized spacial score (nSPS) is 9.88. The number of nitrogens with one attached hydrogen (secondary N) is 2. The van der Waals surface area contributed by atoms with Crippen molar-refractivity contribution in [2.75, 3.05) is 13.2 Å². The van der Waals surface area contributed by atoms with Crippen LogP contribution in [0.2, 0.25) is 0 Å². The van der Waals surface area contributed by atoms with Crippen LogP contribution < -0.4 is 10.6 Å². The van der Waals surface area contributed by atoms with E-state index in [1.165, 1.54) is 0 Å². The first-order chi connectivity index (χ1) is 12.5. The molecular formula is C18H15IN2O5. The van der Waals surface area contributed by atoms with Gasteiger partial charge in [0, 0.05) is 9.13 Å². The Labute approximate surface area is 163 Å². The molecule has 8 heteroatoms. The number of amides is 3. The fourth-order valence-electron chi connectivity index (χ4n) is 1.91. The number of hydrogen-bond acceptors (Lipinski definition) is 5. The molecule has 0 spiro atoms. The van der Waals surface area contributed by atoms with Crippen LogP contribution in [0.3, 0.4) is 0 Å². The first-order valence-corrected chi connectivity index (χ1v) is 8.63. The van der Waals surface area contributed by atoms with Crippen LogP contribution in [0, 0.1) is 3.57 Å². The predicted octanol–water partition coefficient (Wildman–Crippen LogP) is 1.52. The van der Waals surface area contributed by atoms with E-state index in [0.717, 1.165) is 3.57 Å². The number of halogens is 1. The Kier molecular flexibility index (Phi) is 7.27. The van der Waals surface area contributed by atoms with Gasteiger partial charge in [-0.3, -0.25) is 24.5 Å². The Bertz CT molecular complexity index is 823. The molecule has 0 fully saturated rings. The lowest BCUT2D eigenvalue weighted by Crippen LogP contribution is -2.36. The smallest absolute Gasteiger partial charge is 0.325 e. The number of rotatable bonds is 6. The van der Waals surface area contributed by atoms with Gasteiger partial charge in [0.25, 0.3) is 17.7 Å². The zero-order valence-electron chi connectivity index (χ0n) is 13.5. The van der Waals surface area contributed by atoms with Crippen molar-refractivity contribution in [1.29, 1.82) is 0 Å². The molecule has 0 aromatic heterocycles. The van der Waals surface area contributed by atoms with Gasteiger partial charge in [-0.15, -0.1) is 0 Å². The molecule has 0 aliphatic rings. The first-order valence-electron chi connectivity index (χ1n) is 7.55. The molecule has 134 valence electrons. The van der Waals surface area contributed by atoms with Gasteiger partial charge in [-0.25, -0.2) is 0 Å². The van der Waals surface area contributed by atoms with Crippen molar-refractivity contribution in [3.63, 3.8) is 0 Å². The van der Waals surface area contributed by atoms with Crippen molar-refractivity contribution in [3.8, 4) is 0 Å². The highest BCUT2D eigenvalue weighted by Gasteiger charge is 2.14. The number of carbonyl (C=O) groups excluding carboxylic acids is 4. The van der Waals surface area contributed by atoms with Crippen LogP contribution in [0.1, 0.15) is 20.7 Å². The van der Waals surface area contributed by atoms with Crippen LogP contribution in [-0.4, -0.2) is 36.8 Å². The molecular weight excluding hydrogens is 451 g/mol. The zero-order valence-corrected chi connectivity index (χ0v) is 15.7. The van der Waals surface area contributed by atoms with E-state index in [0.29, 0.717) is 11.1 Å².